The Bertz CT molecular complexity index is 1080. The first-order chi connectivity index (χ1) is 14.7. The Morgan fingerprint density at radius 3 is 2.97 bits per heavy atom. The maximum absolute atomic E-state index is 13.3. The minimum atomic E-state index is -0.0182. The quantitative estimate of drug-likeness (QED) is 0.597. The van der Waals surface area contributed by atoms with E-state index in [1.165, 1.54) is 11.3 Å². The van der Waals surface area contributed by atoms with Gasteiger partial charge in [0.1, 0.15) is 5.75 Å². The second-order valence-electron chi connectivity index (χ2n) is 7.33. The van der Waals surface area contributed by atoms with Crippen molar-refractivity contribution in [3.63, 3.8) is 0 Å². The molecule has 2 aliphatic heterocycles. The average Bonchev–Trinajstić information content (AvgIpc) is 3.51. The van der Waals surface area contributed by atoms with Crippen LogP contribution in [0.4, 0.5) is 5.13 Å². The van der Waals surface area contributed by atoms with E-state index in [1.54, 1.807) is 12.0 Å². The highest BCUT2D eigenvalue weighted by molar-refractivity contribution is 7.22. The molecule has 0 spiro atoms. The van der Waals surface area contributed by atoms with Gasteiger partial charge >= 0.3 is 0 Å². The SMILES string of the molecule is COc1ccc2nc(N(CC3CCCO3)C(=O)Cc3ccc4c(c3)OCO4)sc2c1. The Morgan fingerprint density at radius 2 is 2.13 bits per heavy atom. The van der Waals surface area contributed by atoms with Gasteiger partial charge in [-0.15, -0.1) is 0 Å². The first-order valence-corrected chi connectivity index (χ1v) is 10.8. The molecule has 2 aliphatic rings. The van der Waals surface area contributed by atoms with Crippen molar-refractivity contribution in [1.82, 2.24) is 4.98 Å². The van der Waals surface area contributed by atoms with Crippen LogP contribution < -0.4 is 19.1 Å². The lowest BCUT2D eigenvalue weighted by atomic mass is 10.1. The highest BCUT2D eigenvalue weighted by atomic mass is 32.1. The number of aromatic nitrogens is 1. The number of anilines is 1. The predicted molar refractivity (Wildman–Crippen MR) is 114 cm³/mol. The smallest absolute Gasteiger partial charge is 0.233 e. The third-order valence-corrected chi connectivity index (χ3v) is 6.36. The summed E-state index contributed by atoms with van der Waals surface area (Å²) >= 11 is 1.49. The Morgan fingerprint density at radius 1 is 1.23 bits per heavy atom. The van der Waals surface area contributed by atoms with Gasteiger partial charge in [0.15, 0.2) is 16.6 Å². The number of hydrogen-bond donors (Lipinski definition) is 0. The molecule has 5 rings (SSSR count). The summed E-state index contributed by atoms with van der Waals surface area (Å²) in [7, 11) is 1.64. The van der Waals surface area contributed by atoms with Gasteiger partial charge in [-0.2, -0.15) is 0 Å². The van der Waals surface area contributed by atoms with E-state index in [1.807, 2.05) is 36.4 Å². The molecular weight excluding hydrogens is 404 g/mol. The molecule has 0 saturated carbocycles. The van der Waals surface area contributed by atoms with Crippen LogP contribution in [0.3, 0.4) is 0 Å². The zero-order chi connectivity index (χ0) is 20.5. The summed E-state index contributed by atoms with van der Waals surface area (Å²) in [5.41, 5.74) is 1.73. The van der Waals surface area contributed by atoms with Gasteiger partial charge in [0, 0.05) is 6.61 Å². The van der Waals surface area contributed by atoms with Gasteiger partial charge in [-0.1, -0.05) is 17.4 Å². The van der Waals surface area contributed by atoms with Gasteiger partial charge in [0.05, 0.1) is 36.4 Å². The monoisotopic (exact) mass is 426 g/mol. The van der Waals surface area contributed by atoms with E-state index in [2.05, 4.69) is 0 Å². The topological polar surface area (TPSA) is 70.1 Å². The van der Waals surface area contributed by atoms with Crippen LogP contribution in [0.25, 0.3) is 10.2 Å². The van der Waals surface area contributed by atoms with Gasteiger partial charge in [-0.3, -0.25) is 9.69 Å². The number of amides is 1. The van der Waals surface area contributed by atoms with Gasteiger partial charge < -0.3 is 18.9 Å². The highest BCUT2D eigenvalue weighted by Crippen LogP contribution is 2.34. The van der Waals surface area contributed by atoms with Gasteiger partial charge in [-0.05, 0) is 48.7 Å². The van der Waals surface area contributed by atoms with Crippen LogP contribution in [0.1, 0.15) is 18.4 Å². The van der Waals surface area contributed by atoms with Crippen molar-refractivity contribution >= 4 is 32.6 Å². The third-order valence-electron chi connectivity index (χ3n) is 5.32. The molecule has 0 radical (unpaired) electrons. The Kier molecular flexibility index (Phi) is 5.18. The maximum Gasteiger partial charge on any atom is 0.233 e. The third kappa shape index (κ3) is 3.80. The van der Waals surface area contributed by atoms with E-state index in [0.29, 0.717) is 23.2 Å². The number of benzene rings is 2. The van der Waals surface area contributed by atoms with Crippen molar-refractivity contribution in [3.05, 3.63) is 42.0 Å². The molecule has 1 aromatic heterocycles. The summed E-state index contributed by atoms with van der Waals surface area (Å²) in [5.74, 6) is 2.14. The molecule has 3 aromatic rings. The van der Waals surface area contributed by atoms with Crippen LogP contribution in [0.2, 0.25) is 0 Å². The molecule has 30 heavy (non-hydrogen) atoms. The molecule has 156 valence electrons. The molecule has 8 heteroatoms. The van der Waals surface area contributed by atoms with Crippen LogP contribution in [-0.2, 0) is 16.0 Å². The van der Waals surface area contributed by atoms with E-state index >= 15 is 0 Å². The summed E-state index contributed by atoms with van der Waals surface area (Å²) in [4.78, 5) is 19.8. The summed E-state index contributed by atoms with van der Waals surface area (Å²) in [6.45, 7) is 1.46. The zero-order valence-electron chi connectivity index (χ0n) is 16.6. The van der Waals surface area contributed by atoms with Crippen molar-refractivity contribution in [2.24, 2.45) is 0 Å². The molecule has 1 amide bonds. The van der Waals surface area contributed by atoms with Crippen LogP contribution >= 0.6 is 11.3 Å². The van der Waals surface area contributed by atoms with Gasteiger partial charge in [0.2, 0.25) is 12.7 Å². The number of ether oxygens (including phenoxy) is 4. The molecule has 7 nitrogen and oxygen atoms in total. The van der Waals surface area contributed by atoms with Crippen LogP contribution in [-0.4, -0.2) is 44.0 Å². The summed E-state index contributed by atoms with van der Waals surface area (Å²) in [5, 5.41) is 0.680. The number of carbonyl (C=O) groups is 1. The molecule has 1 fully saturated rings. The largest absolute Gasteiger partial charge is 0.497 e. The molecule has 3 heterocycles. The lowest BCUT2D eigenvalue weighted by Crippen LogP contribution is -2.38. The van der Waals surface area contributed by atoms with E-state index in [0.717, 1.165) is 41.0 Å². The second kappa shape index (κ2) is 8.12. The van der Waals surface area contributed by atoms with E-state index in [4.69, 9.17) is 23.9 Å². The molecule has 0 N–H and O–H groups in total. The Labute approximate surface area is 178 Å². The number of fused-ring (bicyclic) bond motifs is 2. The van der Waals surface area contributed by atoms with Crippen LogP contribution in [0, 0.1) is 0 Å². The van der Waals surface area contributed by atoms with Gasteiger partial charge in [0.25, 0.3) is 0 Å². The lowest BCUT2D eigenvalue weighted by molar-refractivity contribution is -0.118. The molecular formula is C22H22N2O5S. The maximum atomic E-state index is 13.3. The number of thiazole rings is 1. The summed E-state index contributed by atoms with van der Waals surface area (Å²) < 4.78 is 22.9. The predicted octanol–water partition coefficient (Wildman–Crippen LogP) is 3.79. The summed E-state index contributed by atoms with van der Waals surface area (Å²) in [6.07, 6.45) is 2.26. The molecule has 1 saturated heterocycles. The molecule has 2 aromatic carbocycles. The molecule has 0 aliphatic carbocycles. The minimum absolute atomic E-state index is 0.0182. The van der Waals surface area contributed by atoms with E-state index < -0.39 is 0 Å². The van der Waals surface area contributed by atoms with Crippen molar-refractivity contribution < 1.29 is 23.7 Å². The lowest BCUT2D eigenvalue weighted by Gasteiger charge is -2.23. The normalized spacial score (nSPS) is 17.4. The number of nitrogens with zero attached hydrogens (tertiary/aromatic N) is 2. The number of hydrogen-bond acceptors (Lipinski definition) is 7. The van der Waals surface area contributed by atoms with Crippen molar-refractivity contribution in [1.29, 1.82) is 0 Å². The van der Waals surface area contributed by atoms with Crippen molar-refractivity contribution in [2.45, 2.75) is 25.4 Å². The van der Waals surface area contributed by atoms with E-state index in [-0.39, 0.29) is 25.2 Å². The fourth-order valence-electron chi connectivity index (χ4n) is 3.73. The van der Waals surface area contributed by atoms with E-state index in [9.17, 15) is 4.79 Å². The van der Waals surface area contributed by atoms with Crippen LogP contribution in [0.15, 0.2) is 36.4 Å². The Hall–Kier alpha value is -2.84. The average molecular weight is 426 g/mol. The number of methoxy groups -OCH3 is 1. The van der Waals surface area contributed by atoms with Crippen molar-refractivity contribution in [2.75, 3.05) is 32.0 Å². The molecule has 0 bridgehead atoms. The first kappa shape index (κ1) is 19.1. The fraction of sp³-hybridized carbons (Fsp3) is 0.364. The van der Waals surface area contributed by atoms with Crippen LogP contribution in [0.5, 0.6) is 17.2 Å². The number of carbonyl (C=O) groups excluding carboxylic acids is 1. The second-order valence-corrected chi connectivity index (χ2v) is 8.34. The molecule has 1 unspecified atom stereocenters. The van der Waals surface area contributed by atoms with Gasteiger partial charge in [-0.25, -0.2) is 4.98 Å². The summed E-state index contributed by atoms with van der Waals surface area (Å²) in [6, 6.07) is 11.4. The Balaban J connectivity index is 1.43. The zero-order valence-corrected chi connectivity index (χ0v) is 17.4. The standard InChI is InChI=1S/C22H22N2O5S/c1-26-15-5-6-17-20(11-15)30-22(23-17)24(12-16-3-2-8-27-16)21(25)10-14-4-7-18-19(9-14)29-13-28-18/h4-7,9,11,16H,2-3,8,10,12-13H2,1H3. The number of rotatable bonds is 6. The fourth-order valence-corrected chi connectivity index (χ4v) is 4.76. The highest BCUT2D eigenvalue weighted by Gasteiger charge is 2.27. The first-order valence-electron chi connectivity index (χ1n) is 9.95. The molecule has 1 atom stereocenters. The van der Waals surface area contributed by atoms with Crippen molar-refractivity contribution in [3.8, 4) is 17.2 Å². The minimum Gasteiger partial charge on any atom is -0.497 e.